The van der Waals surface area contributed by atoms with Crippen LogP contribution in [0.2, 0.25) is 0 Å². The van der Waals surface area contributed by atoms with Gasteiger partial charge in [-0.15, -0.1) is 0 Å². The smallest absolute Gasteiger partial charge is 0.102 e. The van der Waals surface area contributed by atoms with Crippen LogP contribution in [0.25, 0.3) is 11.3 Å². The number of nitrogens with two attached hydrogens (primary N) is 1. The lowest BCUT2D eigenvalue weighted by atomic mass is 10.0. The van der Waals surface area contributed by atoms with E-state index >= 15 is 0 Å². The molecule has 0 aliphatic heterocycles. The molecule has 2 rings (SSSR count). The van der Waals surface area contributed by atoms with E-state index in [1.807, 2.05) is 0 Å². The van der Waals surface area contributed by atoms with Gasteiger partial charge in [0.2, 0.25) is 0 Å². The van der Waals surface area contributed by atoms with Gasteiger partial charge >= 0.3 is 0 Å². The number of hydrogen-bond acceptors (Lipinski definition) is 4. The van der Waals surface area contributed by atoms with Gasteiger partial charge in [-0.05, 0) is 23.8 Å². The number of aromatic nitrogens is 1. The van der Waals surface area contributed by atoms with Crippen LogP contribution >= 0.6 is 0 Å². The summed E-state index contributed by atoms with van der Waals surface area (Å²) in [6.07, 6.45) is 6.27. The molecule has 2 aromatic heterocycles. The van der Waals surface area contributed by atoms with Crippen LogP contribution in [0.15, 0.2) is 47.5 Å². The van der Waals surface area contributed by atoms with Gasteiger partial charge in [0.05, 0.1) is 23.8 Å². The van der Waals surface area contributed by atoms with E-state index < -0.39 is 0 Å². The van der Waals surface area contributed by atoms with Crippen molar-refractivity contribution in [2.24, 2.45) is 5.73 Å². The molecule has 0 radical (unpaired) electrons. The second-order valence-electron chi connectivity index (χ2n) is 3.15. The zero-order chi connectivity index (χ0) is 11.4. The van der Waals surface area contributed by atoms with Gasteiger partial charge in [-0.2, -0.15) is 5.26 Å². The molecule has 4 nitrogen and oxygen atoms in total. The van der Waals surface area contributed by atoms with Crippen LogP contribution in [-0.2, 0) is 0 Å². The molecule has 0 saturated heterocycles. The predicted molar refractivity (Wildman–Crippen MR) is 59.6 cm³/mol. The standard InChI is InChI=1S/C12H9N3O/c13-7-11(9-1-4-15-5-2-9)12(14)10-3-6-16-8-10/h1-6,8H,14H2/b12-11-. The number of hydrogen-bond donors (Lipinski definition) is 1. The van der Waals surface area contributed by atoms with Crippen LogP contribution < -0.4 is 5.73 Å². The molecule has 4 heteroatoms. The predicted octanol–water partition coefficient (Wildman–Crippen LogP) is 2.03. The minimum Gasteiger partial charge on any atom is -0.472 e. The molecule has 16 heavy (non-hydrogen) atoms. The highest BCUT2D eigenvalue weighted by atomic mass is 16.3. The van der Waals surface area contributed by atoms with Crippen LogP contribution in [-0.4, -0.2) is 4.98 Å². The van der Waals surface area contributed by atoms with Gasteiger partial charge in [-0.3, -0.25) is 4.98 Å². The summed E-state index contributed by atoms with van der Waals surface area (Å²) in [4.78, 5) is 3.89. The zero-order valence-corrected chi connectivity index (χ0v) is 8.42. The van der Waals surface area contributed by atoms with Crippen LogP contribution in [0.4, 0.5) is 0 Å². The lowest BCUT2D eigenvalue weighted by molar-refractivity contribution is 0.566. The first-order valence-electron chi connectivity index (χ1n) is 4.65. The molecule has 0 fully saturated rings. The topological polar surface area (TPSA) is 75.8 Å². The van der Waals surface area contributed by atoms with Crippen molar-refractivity contribution < 1.29 is 4.42 Å². The Kier molecular flexibility index (Phi) is 2.70. The average Bonchev–Trinajstić information content (AvgIpc) is 2.85. The van der Waals surface area contributed by atoms with Gasteiger partial charge in [0.25, 0.3) is 0 Å². The summed E-state index contributed by atoms with van der Waals surface area (Å²) in [5.74, 6) is 0. The molecule has 0 aliphatic rings. The van der Waals surface area contributed by atoms with E-state index in [-0.39, 0.29) is 0 Å². The fraction of sp³-hybridized carbons (Fsp3) is 0. The maximum absolute atomic E-state index is 9.11. The van der Waals surface area contributed by atoms with Gasteiger partial charge in [0.1, 0.15) is 6.07 Å². The minimum atomic E-state index is 0.405. The molecule has 0 spiro atoms. The Balaban J connectivity index is 2.52. The fourth-order valence-electron chi connectivity index (χ4n) is 1.36. The largest absolute Gasteiger partial charge is 0.472 e. The number of nitrogens with zero attached hydrogens (tertiary/aromatic N) is 2. The molecule has 0 unspecified atom stereocenters. The second kappa shape index (κ2) is 4.32. The Morgan fingerprint density at radius 3 is 2.56 bits per heavy atom. The molecule has 0 aromatic carbocycles. The van der Waals surface area contributed by atoms with Gasteiger partial charge in [0.15, 0.2) is 0 Å². The highest BCUT2D eigenvalue weighted by Gasteiger charge is 2.08. The van der Waals surface area contributed by atoms with E-state index in [1.54, 1.807) is 30.6 Å². The summed E-state index contributed by atoms with van der Waals surface area (Å²) < 4.78 is 4.93. The minimum absolute atomic E-state index is 0.405. The summed E-state index contributed by atoms with van der Waals surface area (Å²) in [5.41, 5.74) is 8.18. The van der Waals surface area contributed by atoms with Crippen molar-refractivity contribution in [1.29, 1.82) is 5.26 Å². The van der Waals surface area contributed by atoms with Crippen LogP contribution in [0, 0.1) is 11.3 Å². The van der Waals surface area contributed by atoms with Crippen molar-refractivity contribution in [2.45, 2.75) is 0 Å². The summed E-state index contributed by atoms with van der Waals surface area (Å²) >= 11 is 0. The molecule has 2 heterocycles. The lowest BCUT2D eigenvalue weighted by Crippen LogP contribution is -1.99. The molecule has 0 atom stereocenters. The average molecular weight is 211 g/mol. The molecule has 0 amide bonds. The highest BCUT2D eigenvalue weighted by Crippen LogP contribution is 2.21. The number of furan rings is 1. The molecule has 2 aromatic rings. The third kappa shape index (κ3) is 1.79. The van der Waals surface area contributed by atoms with Crippen molar-refractivity contribution in [3.8, 4) is 6.07 Å². The van der Waals surface area contributed by atoms with Gasteiger partial charge < -0.3 is 10.2 Å². The number of nitriles is 1. The Bertz CT molecular complexity index is 535. The summed E-state index contributed by atoms with van der Waals surface area (Å²) in [7, 11) is 0. The third-order valence-corrected chi connectivity index (χ3v) is 2.18. The quantitative estimate of drug-likeness (QED) is 0.771. The molecule has 0 aliphatic carbocycles. The number of allylic oxidation sites excluding steroid dienone is 1. The maximum atomic E-state index is 9.11. The molecule has 2 N–H and O–H groups in total. The van der Waals surface area contributed by atoms with Crippen LogP contribution in [0.5, 0.6) is 0 Å². The summed E-state index contributed by atoms with van der Waals surface area (Å²) in [6, 6.07) is 7.29. The normalized spacial score (nSPS) is 11.7. The number of pyridine rings is 1. The monoisotopic (exact) mass is 211 g/mol. The van der Waals surface area contributed by atoms with E-state index in [4.69, 9.17) is 15.4 Å². The van der Waals surface area contributed by atoms with Gasteiger partial charge in [-0.1, -0.05) is 0 Å². The van der Waals surface area contributed by atoms with Crippen molar-refractivity contribution >= 4 is 11.3 Å². The Labute approximate surface area is 92.6 Å². The summed E-state index contributed by atoms with van der Waals surface area (Å²) in [5, 5.41) is 9.11. The Hall–Kier alpha value is -2.54. The van der Waals surface area contributed by atoms with Gasteiger partial charge in [0, 0.05) is 18.0 Å². The third-order valence-electron chi connectivity index (χ3n) is 2.18. The Morgan fingerprint density at radius 2 is 2.00 bits per heavy atom. The lowest BCUT2D eigenvalue weighted by Gasteiger charge is -2.02. The van der Waals surface area contributed by atoms with Gasteiger partial charge in [-0.25, -0.2) is 0 Å². The second-order valence-corrected chi connectivity index (χ2v) is 3.15. The molecule has 0 saturated carbocycles. The zero-order valence-electron chi connectivity index (χ0n) is 8.42. The van der Waals surface area contributed by atoms with Crippen LogP contribution in [0.1, 0.15) is 11.1 Å². The first kappa shape index (κ1) is 9.99. The maximum Gasteiger partial charge on any atom is 0.102 e. The van der Waals surface area contributed by atoms with Crippen molar-refractivity contribution in [3.05, 3.63) is 54.2 Å². The number of rotatable bonds is 2. The SMILES string of the molecule is N#C/C(=C(/N)c1ccoc1)c1ccncc1. The molecular formula is C12H9N3O. The summed E-state index contributed by atoms with van der Waals surface area (Å²) in [6.45, 7) is 0. The fourth-order valence-corrected chi connectivity index (χ4v) is 1.36. The highest BCUT2D eigenvalue weighted by molar-refractivity contribution is 5.95. The van der Waals surface area contributed by atoms with E-state index in [0.717, 1.165) is 5.56 Å². The van der Waals surface area contributed by atoms with Crippen molar-refractivity contribution in [3.63, 3.8) is 0 Å². The first-order chi connectivity index (χ1) is 7.83. The van der Waals surface area contributed by atoms with Crippen molar-refractivity contribution in [1.82, 2.24) is 4.98 Å². The Morgan fingerprint density at radius 1 is 1.25 bits per heavy atom. The van der Waals surface area contributed by atoms with E-state index in [2.05, 4.69) is 11.1 Å². The molecule has 0 bridgehead atoms. The van der Waals surface area contributed by atoms with Crippen LogP contribution in [0.3, 0.4) is 0 Å². The van der Waals surface area contributed by atoms with E-state index in [0.29, 0.717) is 16.8 Å². The van der Waals surface area contributed by atoms with E-state index in [1.165, 1.54) is 12.5 Å². The van der Waals surface area contributed by atoms with E-state index in [9.17, 15) is 0 Å². The van der Waals surface area contributed by atoms with Crippen molar-refractivity contribution in [2.75, 3.05) is 0 Å². The molecular weight excluding hydrogens is 202 g/mol. The first-order valence-corrected chi connectivity index (χ1v) is 4.65. The molecule has 78 valence electrons.